The molecule has 0 fully saturated rings. The summed E-state index contributed by atoms with van der Waals surface area (Å²) in [6.45, 7) is 3.90. The quantitative estimate of drug-likeness (QED) is 0.640. The van der Waals surface area contributed by atoms with Crippen molar-refractivity contribution < 1.29 is 4.79 Å². The average Bonchev–Trinajstić information content (AvgIpc) is 3.21. The first-order chi connectivity index (χ1) is 12.1. The SMILES string of the molecule is Cc1ccc(-c2nc(C(=O)Nc3nc(C)c(SCC#N)s3)cs2)cc1. The second-order valence-corrected chi connectivity index (χ2v) is 8.30. The highest BCUT2D eigenvalue weighted by Crippen LogP contribution is 2.32. The number of hydrogen-bond acceptors (Lipinski definition) is 7. The minimum absolute atomic E-state index is 0.278. The number of thiazole rings is 2. The van der Waals surface area contributed by atoms with Gasteiger partial charge in [0.2, 0.25) is 0 Å². The first-order valence-corrected chi connectivity index (χ1v) is 10.1. The Morgan fingerprint density at radius 1 is 1.28 bits per heavy atom. The summed E-state index contributed by atoms with van der Waals surface area (Å²) in [5.41, 5.74) is 3.37. The van der Waals surface area contributed by atoms with E-state index in [-0.39, 0.29) is 5.91 Å². The van der Waals surface area contributed by atoms with Gasteiger partial charge in [-0.3, -0.25) is 10.1 Å². The van der Waals surface area contributed by atoms with Crippen LogP contribution in [-0.4, -0.2) is 21.6 Å². The van der Waals surface area contributed by atoms with E-state index < -0.39 is 0 Å². The number of aromatic nitrogens is 2. The topological polar surface area (TPSA) is 78.7 Å². The number of thioether (sulfide) groups is 1. The van der Waals surface area contributed by atoms with Crippen LogP contribution < -0.4 is 5.32 Å². The number of anilines is 1. The van der Waals surface area contributed by atoms with Crippen LogP contribution in [0.15, 0.2) is 33.9 Å². The van der Waals surface area contributed by atoms with E-state index >= 15 is 0 Å². The first kappa shape index (κ1) is 17.6. The van der Waals surface area contributed by atoms with Crippen LogP contribution in [0.2, 0.25) is 0 Å². The molecule has 0 unspecified atom stereocenters. The second-order valence-electron chi connectivity index (χ2n) is 5.20. The Morgan fingerprint density at radius 2 is 2.04 bits per heavy atom. The van der Waals surface area contributed by atoms with Crippen LogP contribution in [0.1, 0.15) is 21.7 Å². The van der Waals surface area contributed by atoms with Crippen LogP contribution in [0.25, 0.3) is 10.6 Å². The highest BCUT2D eigenvalue weighted by atomic mass is 32.2. The molecule has 0 aliphatic heterocycles. The molecule has 0 saturated heterocycles. The zero-order chi connectivity index (χ0) is 17.8. The van der Waals surface area contributed by atoms with Crippen molar-refractivity contribution >= 4 is 45.5 Å². The fraction of sp³-hybridized carbons (Fsp3) is 0.176. The summed E-state index contributed by atoms with van der Waals surface area (Å²) in [6.07, 6.45) is 0. The van der Waals surface area contributed by atoms with E-state index in [4.69, 9.17) is 5.26 Å². The van der Waals surface area contributed by atoms with Gasteiger partial charge in [-0.25, -0.2) is 9.97 Å². The molecule has 0 saturated carbocycles. The molecule has 0 aliphatic rings. The monoisotopic (exact) mass is 386 g/mol. The molecule has 3 rings (SSSR count). The zero-order valence-electron chi connectivity index (χ0n) is 13.6. The number of rotatable bonds is 5. The van der Waals surface area contributed by atoms with Crippen LogP contribution in [0, 0.1) is 25.2 Å². The highest BCUT2D eigenvalue weighted by molar-refractivity contribution is 8.01. The smallest absolute Gasteiger partial charge is 0.276 e. The van der Waals surface area contributed by atoms with E-state index in [0.717, 1.165) is 20.5 Å². The van der Waals surface area contributed by atoms with Crippen molar-refractivity contribution in [3.05, 3.63) is 46.6 Å². The third-order valence-electron chi connectivity index (χ3n) is 3.28. The van der Waals surface area contributed by atoms with Crippen LogP contribution in [-0.2, 0) is 0 Å². The molecule has 0 spiro atoms. The molecule has 1 amide bonds. The van der Waals surface area contributed by atoms with Crippen LogP contribution >= 0.6 is 34.4 Å². The summed E-state index contributed by atoms with van der Waals surface area (Å²) < 4.78 is 0.940. The van der Waals surface area contributed by atoms with Crippen molar-refractivity contribution in [2.45, 2.75) is 18.1 Å². The molecular weight excluding hydrogens is 372 g/mol. The fourth-order valence-electron chi connectivity index (χ4n) is 2.04. The lowest BCUT2D eigenvalue weighted by molar-refractivity contribution is 0.102. The van der Waals surface area contributed by atoms with Gasteiger partial charge in [-0.05, 0) is 13.8 Å². The molecule has 126 valence electrons. The fourth-order valence-corrected chi connectivity index (χ4v) is 4.64. The number of amides is 1. The van der Waals surface area contributed by atoms with Crippen LogP contribution in [0.4, 0.5) is 5.13 Å². The van der Waals surface area contributed by atoms with Crippen molar-refractivity contribution in [3.8, 4) is 16.6 Å². The minimum Gasteiger partial charge on any atom is -0.296 e. The number of nitriles is 1. The standard InChI is InChI=1S/C17H14N4OS3/c1-10-3-5-12(6-4-10)15-20-13(9-24-15)14(22)21-17-19-11(2)16(25-17)23-8-7-18/h3-6,9H,8H2,1-2H3,(H,19,21,22). The molecule has 25 heavy (non-hydrogen) atoms. The maximum absolute atomic E-state index is 12.4. The van der Waals surface area contributed by atoms with Gasteiger partial charge in [0.15, 0.2) is 5.13 Å². The van der Waals surface area contributed by atoms with Gasteiger partial charge >= 0.3 is 0 Å². The molecule has 2 heterocycles. The number of carbonyl (C=O) groups is 1. The third kappa shape index (κ3) is 4.25. The van der Waals surface area contributed by atoms with E-state index in [1.807, 2.05) is 38.1 Å². The van der Waals surface area contributed by atoms with Gasteiger partial charge in [0.25, 0.3) is 5.91 Å². The molecule has 1 N–H and O–H groups in total. The zero-order valence-corrected chi connectivity index (χ0v) is 16.0. The molecule has 0 radical (unpaired) electrons. The van der Waals surface area contributed by atoms with Crippen molar-refractivity contribution in [3.63, 3.8) is 0 Å². The molecule has 0 bridgehead atoms. The van der Waals surface area contributed by atoms with E-state index in [1.165, 1.54) is 40.0 Å². The largest absolute Gasteiger partial charge is 0.296 e. The van der Waals surface area contributed by atoms with E-state index in [1.54, 1.807) is 5.38 Å². The minimum atomic E-state index is -0.278. The Kier molecular flexibility index (Phi) is 5.48. The molecule has 1 aromatic carbocycles. The van der Waals surface area contributed by atoms with Crippen molar-refractivity contribution in [1.82, 2.24) is 9.97 Å². The summed E-state index contributed by atoms with van der Waals surface area (Å²) in [5, 5.41) is 14.5. The van der Waals surface area contributed by atoms with Gasteiger partial charge in [0, 0.05) is 10.9 Å². The Balaban J connectivity index is 1.72. The maximum atomic E-state index is 12.4. The summed E-state index contributed by atoms with van der Waals surface area (Å²) in [5.74, 6) is 0.0859. The molecule has 5 nitrogen and oxygen atoms in total. The van der Waals surface area contributed by atoms with Gasteiger partial charge in [-0.15, -0.1) is 11.3 Å². The number of benzene rings is 1. The predicted molar refractivity (Wildman–Crippen MR) is 103 cm³/mol. The normalized spacial score (nSPS) is 10.4. The van der Waals surface area contributed by atoms with Gasteiger partial charge in [0.05, 0.1) is 21.7 Å². The first-order valence-electron chi connectivity index (χ1n) is 7.38. The lowest BCUT2D eigenvalue weighted by atomic mass is 10.2. The van der Waals surface area contributed by atoms with Crippen molar-refractivity contribution in [2.75, 3.05) is 11.1 Å². The predicted octanol–water partition coefficient (Wildman–Crippen LogP) is 4.75. The van der Waals surface area contributed by atoms with Crippen molar-refractivity contribution in [1.29, 1.82) is 5.26 Å². The highest BCUT2D eigenvalue weighted by Gasteiger charge is 2.15. The molecule has 2 aromatic heterocycles. The molecule has 3 aromatic rings. The van der Waals surface area contributed by atoms with Gasteiger partial charge in [-0.1, -0.05) is 52.9 Å². The number of nitrogens with zero attached hydrogens (tertiary/aromatic N) is 3. The molecule has 8 heteroatoms. The molecule has 0 aliphatic carbocycles. The Morgan fingerprint density at radius 3 is 2.76 bits per heavy atom. The Hall–Kier alpha value is -2.21. The molecular formula is C17H14N4OS3. The lowest BCUT2D eigenvalue weighted by Gasteiger charge is -1.98. The number of nitrogens with one attached hydrogen (secondary N) is 1. The van der Waals surface area contributed by atoms with Gasteiger partial charge < -0.3 is 0 Å². The van der Waals surface area contributed by atoms with Crippen molar-refractivity contribution in [2.24, 2.45) is 0 Å². The summed E-state index contributed by atoms with van der Waals surface area (Å²) in [7, 11) is 0. The number of hydrogen-bond donors (Lipinski definition) is 1. The second kappa shape index (κ2) is 7.78. The van der Waals surface area contributed by atoms with Crippen LogP contribution in [0.3, 0.4) is 0 Å². The number of aryl methyl sites for hydroxylation is 2. The van der Waals surface area contributed by atoms with E-state index in [2.05, 4.69) is 21.4 Å². The van der Waals surface area contributed by atoms with E-state index in [9.17, 15) is 4.79 Å². The molecule has 0 atom stereocenters. The lowest BCUT2D eigenvalue weighted by Crippen LogP contribution is -2.12. The van der Waals surface area contributed by atoms with E-state index in [0.29, 0.717) is 16.6 Å². The Labute approximate surface area is 157 Å². The summed E-state index contributed by atoms with van der Waals surface area (Å²) in [6, 6.07) is 10.1. The third-order valence-corrected chi connectivity index (χ3v) is 6.47. The van der Waals surface area contributed by atoms with Crippen LogP contribution in [0.5, 0.6) is 0 Å². The van der Waals surface area contributed by atoms with Gasteiger partial charge in [-0.2, -0.15) is 5.26 Å². The number of carbonyl (C=O) groups excluding carboxylic acids is 1. The maximum Gasteiger partial charge on any atom is 0.276 e. The average molecular weight is 387 g/mol. The van der Waals surface area contributed by atoms with Gasteiger partial charge in [0.1, 0.15) is 10.7 Å². The Bertz CT molecular complexity index is 938. The summed E-state index contributed by atoms with van der Waals surface area (Å²) >= 11 is 4.23. The summed E-state index contributed by atoms with van der Waals surface area (Å²) in [4.78, 5) is 21.1.